The molecule has 3 rings (SSSR count). The van der Waals surface area contributed by atoms with E-state index in [1.165, 1.54) is 30.0 Å². The first-order valence-electron chi connectivity index (χ1n) is 12.1. The van der Waals surface area contributed by atoms with E-state index in [1.807, 2.05) is 0 Å². The number of carbonyl (C=O) groups is 2. The molecule has 2 aromatic carbocycles. The Morgan fingerprint density at radius 1 is 1.05 bits per heavy atom. The summed E-state index contributed by atoms with van der Waals surface area (Å²) in [5.74, 6) is -1.08. The maximum absolute atomic E-state index is 13.7. The molecule has 3 amide bonds. The summed E-state index contributed by atoms with van der Waals surface area (Å²) in [5.41, 5.74) is -1.97. The van der Waals surface area contributed by atoms with Gasteiger partial charge in [-0.05, 0) is 80.1 Å². The molecule has 1 heterocycles. The number of hydrogen-bond donors (Lipinski definition) is 3. The molecule has 0 aliphatic carbocycles. The van der Waals surface area contributed by atoms with E-state index in [1.54, 1.807) is 6.92 Å². The molecule has 0 saturated carbocycles. The standard InChI is InChI=1S/C26H28F7N3O3/c1-14-9-19(27)3-4-21(14)22-13-20(35-23(38)15(2)37)6-8-36(22)24(39)34-7-5-16-10-17(25(28,29)30)12-18(11-16)26(31,32)33/h3-4,9-12,15,20,22,37H,5-8,13H2,1-2H3,(H,34,39)(H,35,38)/t15-,20+,22-/m1/s1. The molecule has 1 saturated heterocycles. The molecule has 3 atom stereocenters. The Kier molecular flexibility index (Phi) is 9.14. The third-order valence-corrected chi connectivity index (χ3v) is 6.52. The Labute approximate surface area is 220 Å². The van der Waals surface area contributed by atoms with Gasteiger partial charge in [0, 0.05) is 19.1 Å². The summed E-state index contributed by atoms with van der Waals surface area (Å²) in [7, 11) is 0. The molecule has 0 unspecified atom stereocenters. The highest BCUT2D eigenvalue weighted by Crippen LogP contribution is 2.37. The summed E-state index contributed by atoms with van der Waals surface area (Å²) in [6.07, 6.45) is -10.9. The van der Waals surface area contributed by atoms with E-state index < -0.39 is 59.4 Å². The lowest BCUT2D eigenvalue weighted by Crippen LogP contribution is -2.52. The van der Waals surface area contributed by atoms with Gasteiger partial charge >= 0.3 is 18.4 Å². The number of urea groups is 1. The number of benzene rings is 2. The average molecular weight is 564 g/mol. The molecule has 214 valence electrons. The normalized spacial score (nSPS) is 19.0. The van der Waals surface area contributed by atoms with Crippen LogP contribution >= 0.6 is 0 Å². The lowest BCUT2D eigenvalue weighted by Gasteiger charge is -2.40. The van der Waals surface area contributed by atoms with Crippen LogP contribution in [-0.2, 0) is 23.6 Å². The van der Waals surface area contributed by atoms with Crippen LogP contribution in [0.3, 0.4) is 0 Å². The molecule has 0 bridgehead atoms. The van der Waals surface area contributed by atoms with Gasteiger partial charge < -0.3 is 20.6 Å². The van der Waals surface area contributed by atoms with Gasteiger partial charge in [-0.1, -0.05) is 6.07 Å². The van der Waals surface area contributed by atoms with Crippen molar-refractivity contribution < 1.29 is 45.4 Å². The second-order valence-electron chi connectivity index (χ2n) is 9.51. The van der Waals surface area contributed by atoms with Crippen molar-refractivity contribution in [2.75, 3.05) is 13.1 Å². The number of rotatable bonds is 6. The minimum absolute atomic E-state index is 0.0399. The smallest absolute Gasteiger partial charge is 0.384 e. The fourth-order valence-corrected chi connectivity index (χ4v) is 4.55. The molecule has 1 aliphatic rings. The van der Waals surface area contributed by atoms with Gasteiger partial charge in [0.05, 0.1) is 17.2 Å². The monoisotopic (exact) mass is 563 g/mol. The summed E-state index contributed by atoms with van der Waals surface area (Å²) in [5, 5.41) is 14.8. The van der Waals surface area contributed by atoms with Gasteiger partial charge in [0.1, 0.15) is 11.9 Å². The number of piperidine rings is 1. The van der Waals surface area contributed by atoms with E-state index >= 15 is 0 Å². The van der Waals surface area contributed by atoms with E-state index in [9.17, 15) is 45.4 Å². The topological polar surface area (TPSA) is 81.7 Å². The maximum atomic E-state index is 13.7. The van der Waals surface area contributed by atoms with Gasteiger partial charge in [-0.2, -0.15) is 26.3 Å². The third-order valence-electron chi connectivity index (χ3n) is 6.52. The number of hydrogen-bond acceptors (Lipinski definition) is 3. The fourth-order valence-electron chi connectivity index (χ4n) is 4.55. The molecule has 0 spiro atoms. The molecule has 2 aromatic rings. The van der Waals surface area contributed by atoms with E-state index in [0.717, 1.165) is 0 Å². The molecule has 0 radical (unpaired) electrons. The minimum atomic E-state index is -4.98. The van der Waals surface area contributed by atoms with Gasteiger partial charge in [0.2, 0.25) is 5.91 Å². The van der Waals surface area contributed by atoms with Crippen molar-refractivity contribution >= 4 is 11.9 Å². The summed E-state index contributed by atoms with van der Waals surface area (Å²) in [6, 6.07) is 3.64. The molecular weight excluding hydrogens is 535 g/mol. The number of aryl methyl sites for hydroxylation is 1. The number of aliphatic hydroxyl groups is 1. The summed E-state index contributed by atoms with van der Waals surface area (Å²) in [4.78, 5) is 26.5. The van der Waals surface area contributed by atoms with Crippen LogP contribution in [0.5, 0.6) is 0 Å². The third kappa shape index (κ3) is 7.84. The lowest BCUT2D eigenvalue weighted by atomic mass is 9.89. The van der Waals surface area contributed by atoms with Gasteiger partial charge in [-0.25, -0.2) is 9.18 Å². The highest BCUT2D eigenvalue weighted by Gasteiger charge is 2.37. The SMILES string of the molecule is Cc1cc(F)ccc1[C@H]1C[C@@H](NC(=O)[C@@H](C)O)CCN1C(=O)NCCc1cc(C(F)(F)F)cc(C(F)(F)F)c1. The van der Waals surface area contributed by atoms with Gasteiger partial charge in [-0.3, -0.25) is 4.79 Å². The van der Waals surface area contributed by atoms with Crippen molar-refractivity contribution in [2.24, 2.45) is 0 Å². The van der Waals surface area contributed by atoms with Crippen LogP contribution in [0.2, 0.25) is 0 Å². The van der Waals surface area contributed by atoms with E-state index in [4.69, 9.17) is 0 Å². The van der Waals surface area contributed by atoms with Crippen LogP contribution in [-0.4, -0.2) is 47.2 Å². The Morgan fingerprint density at radius 3 is 2.21 bits per heavy atom. The van der Waals surface area contributed by atoms with E-state index in [0.29, 0.717) is 29.7 Å². The average Bonchev–Trinajstić information content (AvgIpc) is 2.82. The van der Waals surface area contributed by atoms with Crippen molar-refractivity contribution in [3.63, 3.8) is 0 Å². The predicted molar refractivity (Wildman–Crippen MR) is 127 cm³/mol. The first-order chi connectivity index (χ1) is 18.1. The molecule has 1 aliphatic heterocycles. The molecule has 1 fully saturated rings. The Balaban J connectivity index is 1.76. The van der Waals surface area contributed by atoms with Crippen LogP contribution in [0.25, 0.3) is 0 Å². The van der Waals surface area contributed by atoms with Crippen LogP contribution in [0.15, 0.2) is 36.4 Å². The highest BCUT2D eigenvalue weighted by atomic mass is 19.4. The van der Waals surface area contributed by atoms with E-state index in [2.05, 4.69) is 10.6 Å². The molecule has 6 nitrogen and oxygen atoms in total. The number of alkyl halides is 6. The van der Waals surface area contributed by atoms with Crippen LogP contribution in [0.1, 0.15) is 53.6 Å². The number of likely N-dealkylation sites (tertiary alicyclic amines) is 1. The summed E-state index contributed by atoms with van der Waals surface area (Å²) >= 11 is 0. The number of nitrogens with zero attached hydrogens (tertiary/aromatic N) is 1. The Hall–Kier alpha value is -3.35. The molecular formula is C26H28F7N3O3. The molecule has 39 heavy (non-hydrogen) atoms. The van der Waals surface area contributed by atoms with Crippen molar-refractivity contribution in [1.29, 1.82) is 0 Å². The first kappa shape index (κ1) is 30.2. The van der Waals surface area contributed by atoms with Gasteiger partial charge in [-0.15, -0.1) is 0 Å². The number of aliphatic hydroxyl groups excluding tert-OH is 1. The maximum Gasteiger partial charge on any atom is 0.416 e. The fraction of sp³-hybridized carbons (Fsp3) is 0.462. The zero-order chi connectivity index (χ0) is 29.1. The number of halogens is 7. The number of carbonyl (C=O) groups excluding carboxylic acids is 2. The Bertz CT molecular complexity index is 1170. The second-order valence-corrected chi connectivity index (χ2v) is 9.51. The zero-order valence-corrected chi connectivity index (χ0v) is 21.1. The van der Waals surface area contributed by atoms with Crippen molar-refractivity contribution in [3.8, 4) is 0 Å². The van der Waals surface area contributed by atoms with Crippen molar-refractivity contribution in [2.45, 2.75) is 63.7 Å². The zero-order valence-electron chi connectivity index (χ0n) is 21.1. The quantitative estimate of drug-likeness (QED) is 0.427. The number of amides is 3. The molecule has 3 N–H and O–H groups in total. The summed E-state index contributed by atoms with van der Waals surface area (Å²) < 4.78 is 92.6. The number of nitrogens with one attached hydrogen (secondary N) is 2. The van der Waals surface area contributed by atoms with Crippen LogP contribution < -0.4 is 10.6 Å². The molecule has 0 aromatic heterocycles. The van der Waals surface area contributed by atoms with Crippen molar-refractivity contribution in [3.05, 3.63) is 70.0 Å². The Morgan fingerprint density at radius 2 is 1.67 bits per heavy atom. The predicted octanol–water partition coefficient (Wildman–Crippen LogP) is 5.13. The first-order valence-corrected chi connectivity index (χ1v) is 12.1. The van der Waals surface area contributed by atoms with Crippen LogP contribution in [0, 0.1) is 12.7 Å². The minimum Gasteiger partial charge on any atom is -0.384 e. The summed E-state index contributed by atoms with van der Waals surface area (Å²) in [6.45, 7) is 2.85. The van der Waals surface area contributed by atoms with Crippen LogP contribution in [0.4, 0.5) is 35.5 Å². The molecule has 13 heteroatoms. The largest absolute Gasteiger partial charge is 0.416 e. The van der Waals surface area contributed by atoms with Gasteiger partial charge in [0.25, 0.3) is 0 Å². The van der Waals surface area contributed by atoms with Gasteiger partial charge in [0.15, 0.2) is 0 Å². The second kappa shape index (κ2) is 11.8. The van der Waals surface area contributed by atoms with Crippen molar-refractivity contribution in [1.82, 2.24) is 15.5 Å². The van der Waals surface area contributed by atoms with E-state index in [-0.39, 0.29) is 37.6 Å². The lowest BCUT2D eigenvalue weighted by molar-refractivity contribution is -0.143. The highest BCUT2D eigenvalue weighted by molar-refractivity contribution is 5.80.